The van der Waals surface area contributed by atoms with Crippen LogP contribution in [-0.4, -0.2) is 96.7 Å². The van der Waals surface area contributed by atoms with Gasteiger partial charge in [-0.15, -0.1) is 0 Å². The molecule has 0 aliphatic carbocycles. The number of carbonyl (C=O) groups is 4. The summed E-state index contributed by atoms with van der Waals surface area (Å²) in [6.07, 6.45) is 72.9. The molecule has 98 heavy (non-hydrogen) atoms. The SMILES string of the molecule is CCCCC/C=C\C/C=C\C/C=C\C/C=C\CCCC(=O)OC[C@H](COP(=O)(O)OC[C@@H](O)COP(=O)(O)OC[C@@H](COC(=O)CCCCCCC/C=C\CCCCCC)OC(=O)CCCCCCC/C=C\CCCCCC)OC(=O)CCCCCCC/C=C\CCCCCCCC. The molecule has 0 fully saturated rings. The Balaban J connectivity index is 5.39. The van der Waals surface area contributed by atoms with Crippen LogP contribution in [0.1, 0.15) is 336 Å². The first-order valence-electron chi connectivity index (χ1n) is 38.8. The molecular weight excluding hydrogens is 1280 g/mol. The molecule has 568 valence electrons. The highest BCUT2D eigenvalue weighted by molar-refractivity contribution is 7.47. The molecule has 5 atom stereocenters. The number of phosphoric acid groups is 2. The van der Waals surface area contributed by atoms with Crippen LogP contribution in [0.2, 0.25) is 0 Å². The van der Waals surface area contributed by atoms with E-state index < -0.39 is 97.5 Å². The van der Waals surface area contributed by atoms with Gasteiger partial charge in [0.2, 0.25) is 0 Å². The predicted octanol–water partition coefficient (Wildman–Crippen LogP) is 22.2. The summed E-state index contributed by atoms with van der Waals surface area (Å²) in [7, 11) is -9.96. The number of aliphatic hydroxyl groups is 1. The van der Waals surface area contributed by atoms with Gasteiger partial charge in [0.15, 0.2) is 12.2 Å². The largest absolute Gasteiger partial charge is 0.472 e. The van der Waals surface area contributed by atoms with E-state index >= 15 is 0 Å². The van der Waals surface area contributed by atoms with Crippen molar-refractivity contribution in [3.05, 3.63) is 85.1 Å². The molecule has 0 saturated carbocycles. The lowest BCUT2D eigenvalue weighted by atomic mass is 10.1. The minimum absolute atomic E-state index is 0.0746. The maximum atomic E-state index is 13.1. The lowest BCUT2D eigenvalue weighted by Gasteiger charge is -2.21. The summed E-state index contributed by atoms with van der Waals surface area (Å²) in [5.74, 6) is -2.25. The number of unbranched alkanes of at least 4 members (excludes halogenated alkanes) is 33. The Kier molecular flexibility index (Phi) is 68.9. The van der Waals surface area contributed by atoms with Crippen molar-refractivity contribution in [1.82, 2.24) is 0 Å². The Morgan fingerprint density at radius 2 is 0.510 bits per heavy atom. The second kappa shape index (κ2) is 71.6. The van der Waals surface area contributed by atoms with Crippen LogP contribution in [0.5, 0.6) is 0 Å². The zero-order valence-electron chi connectivity index (χ0n) is 62.0. The Bertz CT molecular complexity index is 2190. The third-order valence-electron chi connectivity index (χ3n) is 16.3. The van der Waals surface area contributed by atoms with Gasteiger partial charge in [0.1, 0.15) is 19.3 Å². The van der Waals surface area contributed by atoms with Crippen molar-refractivity contribution < 1.29 is 80.2 Å². The zero-order valence-corrected chi connectivity index (χ0v) is 63.7. The molecule has 0 aromatic heterocycles. The molecule has 3 N–H and O–H groups in total. The molecular formula is C79H140O17P2. The van der Waals surface area contributed by atoms with E-state index in [1.807, 2.05) is 12.2 Å². The van der Waals surface area contributed by atoms with Crippen molar-refractivity contribution in [2.75, 3.05) is 39.6 Å². The molecule has 0 saturated heterocycles. The van der Waals surface area contributed by atoms with Crippen molar-refractivity contribution >= 4 is 39.5 Å². The van der Waals surface area contributed by atoms with E-state index in [0.29, 0.717) is 32.1 Å². The standard InChI is InChI=1S/C79H140O17P2/c1-5-9-13-17-21-25-29-33-35-36-38-41-44-48-52-56-60-64-77(82)90-70-75(96-79(84)66-62-58-54-50-46-42-37-34-30-26-22-18-14-10-6-2)72-94-98(87,88)92-68-73(80)67-91-97(85,86)93-71-74(95-78(83)65-61-57-53-49-45-40-32-28-24-20-16-12-8-4)69-89-76(81)63-59-55-51-47-43-39-31-27-23-19-15-11-7-3/h21,25,27-28,31-35,37-38,41,48,52,73-75,80H,5-20,22-24,26,29-30,36,39-40,42-47,49-51,53-72H2,1-4H3,(H,85,86)(H,87,88)/b25-21-,31-27-,32-28-,35-33-,37-34-,41-38-,52-48-/t73-,74+,75+/m0/s1. The van der Waals surface area contributed by atoms with Crippen LogP contribution in [0.25, 0.3) is 0 Å². The predicted molar refractivity (Wildman–Crippen MR) is 399 cm³/mol. The van der Waals surface area contributed by atoms with Gasteiger partial charge >= 0.3 is 39.5 Å². The van der Waals surface area contributed by atoms with Gasteiger partial charge in [0.25, 0.3) is 0 Å². The van der Waals surface area contributed by atoms with Gasteiger partial charge in [-0.3, -0.25) is 37.3 Å². The maximum absolute atomic E-state index is 13.1. The quantitative estimate of drug-likeness (QED) is 0.0169. The van der Waals surface area contributed by atoms with Crippen LogP contribution >= 0.6 is 15.6 Å². The van der Waals surface area contributed by atoms with Gasteiger partial charge in [-0.05, 0) is 141 Å². The van der Waals surface area contributed by atoms with Crippen molar-refractivity contribution in [2.24, 2.45) is 0 Å². The Hall–Kier alpha value is -3.76. The molecule has 0 amide bonds. The number of hydrogen-bond donors (Lipinski definition) is 3. The molecule has 2 unspecified atom stereocenters. The van der Waals surface area contributed by atoms with Crippen molar-refractivity contribution in [3.63, 3.8) is 0 Å². The molecule has 19 heteroatoms. The van der Waals surface area contributed by atoms with Crippen LogP contribution in [0.15, 0.2) is 85.1 Å². The summed E-state index contributed by atoms with van der Waals surface area (Å²) in [4.78, 5) is 72.8. The van der Waals surface area contributed by atoms with Gasteiger partial charge in [0, 0.05) is 25.7 Å². The van der Waals surface area contributed by atoms with E-state index in [9.17, 15) is 43.2 Å². The second-order valence-corrected chi connectivity index (χ2v) is 28.8. The van der Waals surface area contributed by atoms with Gasteiger partial charge < -0.3 is 33.8 Å². The van der Waals surface area contributed by atoms with Crippen LogP contribution < -0.4 is 0 Å². The van der Waals surface area contributed by atoms with E-state index in [4.69, 9.17) is 37.0 Å². The molecule has 0 aliphatic heterocycles. The summed E-state index contributed by atoms with van der Waals surface area (Å²) < 4.78 is 68.4. The molecule has 0 spiro atoms. The van der Waals surface area contributed by atoms with Crippen molar-refractivity contribution in [3.8, 4) is 0 Å². The number of hydrogen-bond acceptors (Lipinski definition) is 15. The first-order chi connectivity index (χ1) is 47.7. The molecule has 0 aromatic rings. The van der Waals surface area contributed by atoms with Crippen LogP contribution in [0.4, 0.5) is 0 Å². The smallest absolute Gasteiger partial charge is 0.462 e. The lowest BCUT2D eigenvalue weighted by Crippen LogP contribution is -2.30. The van der Waals surface area contributed by atoms with Crippen LogP contribution in [0, 0.1) is 0 Å². The fraction of sp³-hybridized carbons (Fsp3) is 0.772. The highest BCUT2D eigenvalue weighted by Crippen LogP contribution is 2.45. The molecule has 17 nitrogen and oxygen atoms in total. The van der Waals surface area contributed by atoms with Crippen molar-refractivity contribution in [1.29, 1.82) is 0 Å². The van der Waals surface area contributed by atoms with E-state index in [-0.39, 0.29) is 25.7 Å². The minimum Gasteiger partial charge on any atom is -0.462 e. The second-order valence-electron chi connectivity index (χ2n) is 25.9. The summed E-state index contributed by atoms with van der Waals surface area (Å²) in [5.41, 5.74) is 0. The third-order valence-corrected chi connectivity index (χ3v) is 18.2. The Morgan fingerprint density at radius 3 is 0.847 bits per heavy atom. The minimum atomic E-state index is -4.99. The van der Waals surface area contributed by atoms with E-state index in [2.05, 4.69) is 101 Å². The van der Waals surface area contributed by atoms with E-state index in [0.717, 1.165) is 141 Å². The highest BCUT2D eigenvalue weighted by atomic mass is 31.2. The van der Waals surface area contributed by atoms with Gasteiger partial charge in [-0.25, -0.2) is 9.13 Å². The summed E-state index contributed by atoms with van der Waals surface area (Å²) >= 11 is 0. The number of rotatable bonds is 73. The molecule has 0 bridgehead atoms. The molecule has 0 radical (unpaired) electrons. The summed E-state index contributed by atoms with van der Waals surface area (Å²) in [6, 6.07) is 0. The first-order valence-corrected chi connectivity index (χ1v) is 41.8. The molecule has 0 heterocycles. The average Bonchev–Trinajstić information content (AvgIpc) is 1.05. The Labute approximate surface area is 595 Å². The van der Waals surface area contributed by atoms with Crippen LogP contribution in [-0.2, 0) is 65.4 Å². The van der Waals surface area contributed by atoms with Crippen molar-refractivity contribution in [2.45, 2.75) is 354 Å². The normalized spacial score (nSPS) is 14.4. The fourth-order valence-corrected chi connectivity index (χ4v) is 11.9. The number of esters is 4. The molecule has 0 aromatic carbocycles. The molecule has 0 rings (SSSR count). The lowest BCUT2D eigenvalue weighted by molar-refractivity contribution is -0.161. The van der Waals surface area contributed by atoms with Gasteiger partial charge in [-0.1, -0.05) is 254 Å². The van der Waals surface area contributed by atoms with Gasteiger partial charge in [-0.2, -0.15) is 0 Å². The number of aliphatic hydroxyl groups excluding tert-OH is 1. The first kappa shape index (κ1) is 94.2. The molecule has 0 aliphatic rings. The van der Waals surface area contributed by atoms with E-state index in [1.54, 1.807) is 0 Å². The number of ether oxygens (including phenoxy) is 4. The number of phosphoric ester groups is 2. The fourth-order valence-electron chi connectivity index (χ4n) is 10.3. The zero-order chi connectivity index (χ0) is 71.8. The topological polar surface area (TPSA) is 237 Å². The summed E-state index contributed by atoms with van der Waals surface area (Å²) in [5, 5.41) is 10.6. The Morgan fingerprint density at radius 1 is 0.286 bits per heavy atom. The average molecular weight is 1420 g/mol. The third kappa shape index (κ3) is 70.7. The maximum Gasteiger partial charge on any atom is 0.472 e. The number of allylic oxidation sites excluding steroid dienone is 14. The monoisotopic (exact) mass is 1420 g/mol. The summed E-state index contributed by atoms with van der Waals surface area (Å²) in [6.45, 7) is 4.75. The van der Waals surface area contributed by atoms with E-state index in [1.165, 1.54) is 109 Å². The highest BCUT2D eigenvalue weighted by Gasteiger charge is 2.30. The van der Waals surface area contributed by atoms with Gasteiger partial charge in [0.05, 0.1) is 26.4 Å². The number of carbonyl (C=O) groups excluding carboxylic acids is 4. The van der Waals surface area contributed by atoms with Crippen LogP contribution in [0.3, 0.4) is 0 Å².